The van der Waals surface area contributed by atoms with Crippen LogP contribution in [0.3, 0.4) is 0 Å². The summed E-state index contributed by atoms with van der Waals surface area (Å²) < 4.78 is 0. The summed E-state index contributed by atoms with van der Waals surface area (Å²) in [7, 11) is 0. The van der Waals surface area contributed by atoms with Crippen molar-refractivity contribution in [2.75, 3.05) is 6.54 Å². The molecular formula is C7H14N2O. The Balaban J connectivity index is 3.74. The molecule has 10 heavy (non-hydrogen) atoms. The van der Waals surface area contributed by atoms with Crippen LogP contribution >= 0.6 is 0 Å². The van der Waals surface area contributed by atoms with Gasteiger partial charge in [0.15, 0.2) is 0 Å². The van der Waals surface area contributed by atoms with Gasteiger partial charge in [0.2, 0.25) is 5.91 Å². The number of nitrogens with two attached hydrogens (primary N) is 2. The summed E-state index contributed by atoms with van der Waals surface area (Å²) in [6.07, 6.45) is 3.25. The first kappa shape index (κ1) is 9.17. The van der Waals surface area contributed by atoms with E-state index in [0.717, 1.165) is 6.42 Å². The Labute approximate surface area is 61.1 Å². The van der Waals surface area contributed by atoms with Gasteiger partial charge in [0.25, 0.3) is 0 Å². The molecule has 0 saturated heterocycles. The third-order valence-corrected chi connectivity index (χ3v) is 1.32. The molecule has 3 heteroatoms. The minimum atomic E-state index is -0.337. The highest BCUT2D eigenvalue weighted by molar-refractivity contribution is 5.91. The number of hydrogen-bond donors (Lipinski definition) is 2. The van der Waals surface area contributed by atoms with Crippen LogP contribution in [0.15, 0.2) is 11.6 Å². The van der Waals surface area contributed by atoms with Crippen molar-refractivity contribution in [1.82, 2.24) is 0 Å². The normalized spacial score (nSPS) is 11.6. The Kier molecular flexibility index (Phi) is 4.58. The van der Waals surface area contributed by atoms with Crippen molar-refractivity contribution >= 4 is 5.91 Å². The largest absolute Gasteiger partial charge is 0.366 e. The molecule has 0 aliphatic carbocycles. The summed E-state index contributed by atoms with van der Waals surface area (Å²) in [6, 6.07) is 0. The van der Waals surface area contributed by atoms with Crippen LogP contribution < -0.4 is 11.5 Å². The van der Waals surface area contributed by atoms with Crippen molar-refractivity contribution in [3.63, 3.8) is 0 Å². The van der Waals surface area contributed by atoms with E-state index >= 15 is 0 Å². The first-order chi connectivity index (χ1) is 4.72. The van der Waals surface area contributed by atoms with Crippen LogP contribution in [0.25, 0.3) is 0 Å². The van der Waals surface area contributed by atoms with Crippen LogP contribution in [-0.2, 0) is 4.79 Å². The molecule has 0 heterocycles. The zero-order valence-corrected chi connectivity index (χ0v) is 6.26. The van der Waals surface area contributed by atoms with E-state index in [1.54, 1.807) is 13.0 Å². The van der Waals surface area contributed by atoms with Crippen molar-refractivity contribution < 1.29 is 4.79 Å². The van der Waals surface area contributed by atoms with Crippen LogP contribution in [0.5, 0.6) is 0 Å². The minimum Gasteiger partial charge on any atom is -0.366 e. The number of carbonyl (C=O) groups is 1. The van der Waals surface area contributed by atoms with Crippen molar-refractivity contribution in [1.29, 1.82) is 0 Å². The number of primary amides is 1. The second-order valence-corrected chi connectivity index (χ2v) is 2.07. The fraction of sp³-hybridized carbons (Fsp3) is 0.571. The van der Waals surface area contributed by atoms with Crippen molar-refractivity contribution in [2.45, 2.75) is 19.8 Å². The lowest BCUT2D eigenvalue weighted by Crippen LogP contribution is -2.14. The molecule has 0 aromatic heterocycles. The number of allylic oxidation sites excluding steroid dienone is 1. The maximum absolute atomic E-state index is 10.5. The second-order valence-electron chi connectivity index (χ2n) is 2.07. The van der Waals surface area contributed by atoms with Gasteiger partial charge < -0.3 is 11.5 Å². The van der Waals surface area contributed by atoms with Crippen LogP contribution in [0.1, 0.15) is 19.8 Å². The molecule has 0 atom stereocenters. The lowest BCUT2D eigenvalue weighted by atomic mass is 10.1. The molecule has 0 fully saturated rings. The highest BCUT2D eigenvalue weighted by Crippen LogP contribution is 2.01. The van der Waals surface area contributed by atoms with E-state index in [9.17, 15) is 4.79 Å². The maximum Gasteiger partial charge on any atom is 0.244 e. The van der Waals surface area contributed by atoms with Crippen molar-refractivity contribution in [2.24, 2.45) is 11.5 Å². The predicted molar refractivity (Wildman–Crippen MR) is 41.2 cm³/mol. The summed E-state index contributed by atoms with van der Waals surface area (Å²) >= 11 is 0. The summed E-state index contributed by atoms with van der Waals surface area (Å²) in [4.78, 5) is 10.5. The Morgan fingerprint density at radius 2 is 2.20 bits per heavy atom. The van der Waals surface area contributed by atoms with E-state index in [0.29, 0.717) is 18.5 Å². The van der Waals surface area contributed by atoms with Gasteiger partial charge in [-0.3, -0.25) is 4.79 Å². The van der Waals surface area contributed by atoms with E-state index in [1.165, 1.54) is 0 Å². The average molecular weight is 142 g/mol. The monoisotopic (exact) mass is 142 g/mol. The molecule has 0 bridgehead atoms. The Bertz CT molecular complexity index is 141. The van der Waals surface area contributed by atoms with Gasteiger partial charge in [-0.15, -0.1) is 0 Å². The van der Waals surface area contributed by atoms with Gasteiger partial charge >= 0.3 is 0 Å². The molecule has 4 N–H and O–H groups in total. The van der Waals surface area contributed by atoms with E-state index in [2.05, 4.69) is 0 Å². The molecule has 0 radical (unpaired) electrons. The number of rotatable bonds is 4. The Morgan fingerprint density at radius 1 is 1.60 bits per heavy atom. The van der Waals surface area contributed by atoms with Crippen molar-refractivity contribution in [3.05, 3.63) is 11.6 Å². The fourth-order valence-electron chi connectivity index (χ4n) is 0.702. The minimum absolute atomic E-state index is 0.337. The molecule has 0 aliphatic rings. The molecule has 3 nitrogen and oxygen atoms in total. The first-order valence-electron chi connectivity index (χ1n) is 3.37. The molecule has 0 aromatic rings. The molecule has 0 aliphatic heterocycles. The van der Waals surface area contributed by atoms with Crippen LogP contribution in [0.4, 0.5) is 0 Å². The van der Waals surface area contributed by atoms with E-state index < -0.39 is 0 Å². The van der Waals surface area contributed by atoms with Gasteiger partial charge in [-0.2, -0.15) is 0 Å². The highest BCUT2D eigenvalue weighted by atomic mass is 16.1. The average Bonchev–Trinajstić information content (AvgIpc) is 1.89. The zero-order valence-electron chi connectivity index (χ0n) is 6.26. The molecule has 1 amide bonds. The molecular weight excluding hydrogens is 128 g/mol. The third kappa shape index (κ3) is 3.25. The zero-order chi connectivity index (χ0) is 7.98. The van der Waals surface area contributed by atoms with Crippen LogP contribution in [0, 0.1) is 0 Å². The van der Waals surface area contributed by atoms with Gasteiger partial charge in [0.05, 0.1) is 0 Å². The molecule has 0 aromatic carbocycles. The lowest BCUT2D eigenvalue weighted by Gasteiger charge is -1.98. The number of hydrogen-bond acceptors (Lipinski definition) is 2. The summed E-state index contributed by atoms with van der Waals surface area (Å²) in [5, 5.41) is 0. The topological polar surface area (TPSA) is 69.1 Å². The Morgan fingerprint density at radius 3 is 2.50 bits per heavy atom. The van der Waals surface area contributed by atoms with Gasteiger partial charge in [0.1, 0.15) is 0 Å². The van der Waals surface area contributed by atoms with E-state index in [-0.39, 0.29) is 5.91 Å². The fourth-order valence-corrected chi connectivity index (χ4v) is 0.702. The quantitative estimate of drug-likeness (QED) is 0.549. The smallest absolute Gasteiger partial charge is 0.244 e. The number of amides is 1. The van der Waals surface area contributed by atoms with Crippen LogP contribution in [-0.4, -0.2) is 12.5 Å². The highest BCUT2D eigenvalue weighted by Gasteiger charge is 2.00. The van der Waals surface area contributed by atoms with Gasteiger partial charge in [-0.05, 0) is 26.3 Å². The molecule has 0 rings (SSSR count). The standard InChI is InChI=1S/C7H14N2O/c1-2-6(7(9)10)4-3-5-8/h2H,3-5,8H2,1H3,(H2,9,10). The first-order valence-corrected chi connectivity index (χ1v) is 3.37. The predicted octanol–water partition coefficient (Wildman–Crippen LogP) is 0.157. The third-order valence-electron chi connectivity index (χ3n) is 1.32. The Hall–Kier alpha value is -0.830. The van der Waals surface area contributed by atoms with Crippen LogP contribution in [0.2, 0.25) is 0 Å². The van der Waals surface area contributed by atoms with E-state index in [1.807, 2.05) is 0 Å². The number of carbonyl (C=O) groups excluding carboxylic acids is 1. The molecule has 0 spiro atoms. The molecule has 0 unspecified atom stereocenters. The van der Waals surface area contributed by atoms with Crippen molar-refractivity contribution in [3.8, 4) is 0 Å². The van der Waals surface area contributed by atoms with Gasteiger partial charge in [-0.25, -0.2) is 0 Å². The second kappa shape index (κ2) is 4.99. The molecule has 0 saturated carbocycles. The SMILES string of the molecule is CC=C(CCCN)C(N)=O. The van der Waals surface area contributed by atoms with Gasteiger partial charge in [0, 0.05) is 5.57 Å². The van der Waals surface area contributed by atoms with E-state index in [4.69, 9.17) is 11.5 Å². The summed E-state index contributed by atoms with van der Waals surface area (Å²) in [5.41, 5.74) is 11.0. The summed E-state index contributed by atoms with van der Waals surface area (Å²) in [6.45, 7) is 2.40. The summed E-state index contributed by atoms with van der Waals surface area (Å²) in [5.74, 6) is -0.337. The maximum atomic E-state index is 10.5. The lowest BCUT2D eigenvalue weighted by molar-refractivity contribution is -0.114. The molecule has 58 valence electrons. The van der Waals surface area contributed by atoms with Gasteiger partial charge in [-0.1, -0.05) is 6.08 Å².